The summed E-state index contributed by atoms with van der Waals surface area (Å²) < 4.78 is 31.4. The van der Waals surface area contributed by atoms with Crippen molar-refractivity contribution >= 4 is 5.91 Å². The van der Waals surface area contributed by atoms with E-state index in [1.165, 1.54) is 6.92 Å². The van der Waals surface area contributed by atoms with Crippen LogP contribution in [0.25, 0.3) is 0 Å². The standard InChI is InChI=1S/C16H15F2NO2/c1-11(21-15-8-7-13(17)9-14(15)18)16(20)19-10-12-5-3-2-4-6-12/h2-9,11H,10H2,1H3,(H,19,20)/t11-/m0/s1. The van der Waals surface area contributed by atoms with E-state index in [1.807, 2.05) is 30.3 Å². The van der Waals surface area contributed by atoms with Crippen LogP contribution in [0, 0.1) is 11.6 Å². The normalized spacial score (nSPS) is 11.8. The van der Waals surface area contributed by atoms with E-state index >= 15 is 0 Å². The van der Waals surface area contributed by atoms with Crippen LogP contribution in [0.5, 0.6) is 5.75 Å². The first-order valence-electron chi connectivity index (χ1n) is 6.49. The Morgan fingerprint density at radius 1 is 1.19 bits per heavy atom. The van der Waals surface area contributed by atoms with Crippen molar-refractivity contribution in [2.45, 2.75) is 19.6 Å². The maximum Gasteiger partial charge on any atom is 0.261 e. The number of hydrogen-bond donors (Lipinski definition) is 1. The Labute approximate surface area is 121 Å². The maximum atomic E-state index is 13.4. The van der Waals surface area contributed by atoms with Crippen molar-refractivity contribution in [3.8, 4) is 5.75 Å². The summed E-state index contributed by atoms with van der Waals surface area (Å²) in [5, 5.41) is 2.69. The predicted molar refractivity (Wildman–Crippen MR) is 74.7 cm³/mol. The highest BCUT2D eigenvalue weighted by atomic mass is 19.1. The molecule has 1 atom stereocenters. The van der Waals surface area contributed by atoms with E-state index in [2.05, 4.69) is 5.32 Å². The lowest BCUT2D eigenvalue weighted by Gasteiger charge is -2.15. The first-order chi connectivity index (χ1) is 10.1. The average molecular weight is 291 g/mol. The van der Waals surface area contributed by atoms with Gasteiger partial charge in [0.1, 0.15) is 5.82 Å². The van der Waals surface area contributed by atoms with Crippen molar-refractivity contribution in [2.24, 2.45) is 0 Å². The Kier molecular flexibility index (Phi) is 4.87. The van der Waals surface area contributed by atoms with Crippen LogP contribution in [0.15, 0.2) is 48.5 Å². The maximum absolute atomic E-state index is 13.4. The molecule has 0 heterocycles. The molecule has 110 valence electrons. The van der Waals surface area contributed by atoms with E-state index in [0.29, 0.717) is 12.6 Å². The Hall–Kier alpha value is -2.43. The van der Waals surface area contributed by atoms with Gasteiger partial charge in [0.15, 0.2) is 17.7 Å². The molecule has 0 aliphatic carbocycles. The summed E-state index contributed by atoms with van der Waals surface area (Å²) in [6, 6.07) is 12.3. The van der Waals surface area contributed by atoms with Crippen molar-refractivity contribution in [1.82, 2.24) is 5.32 Å². The van der Waals surface area contributed by atoms with Crippen LogP contribution in [-0.4, -0.2) is 12.0 Å². The Balaban J connectivity index is 1.90. The second-order valence-electron chi connectivity index (χ2n) is 4.54. The smallest absolute Gasteiger partial charge is 0.261 e. The number of carbonyl (C=O) groups is 1. The number of nitrogens with one attached hydrogen (secondary N) is 1. The van der Waals surface area contributed by atoms with E-state index in [4.69, 9.17) is 4.74 Å². The van der Waals surface area contributed by atoms with Gasteiger partial charge >= 0.3 is 0 Å². The molecule has 1 amide bonds. The van der Waals surface area contributed by atoms with Gasteiger partial charge < -0.3 is 10.1 Å². The molecule has 0 bridgehead atoms. The molecule has 2 aromatic rings. The molecule has 0 radical (unpaired) electrons. The molecule has 0 fully saturated rings. The van der Waals surface area contributed by atoms with E-state index in [-0.39, 0.29) is 11.7 Å². The van der Waals surface area contributed by atoms with Crippen molar-refractivity contribution in [2.75, 3.05) is 0 Å². The van der Waals surface area contributed by atoms with Crippen LogP contribution in [0.4, 0.5) is 8.78 Å². The molecule has 21 heavy (non-hydrogen) atoms. The zero-order valence-electron chi connectivity index (χ0n) is 11.5. The van der Waals surface area contributed by atoms with Crippen molar-refractivity contribution < 1.29 is 18.3 Å². The fraction of sp³-hybridized carbons (Fsp3) is 0.188. The summed E-state index contributed by atoms with van der Waals surface area (Å²) >= 11 is 0. The van der Waals surface area contributed by atoms with Gasteiger partial charge in [0, 0.05) is 12.6 Å². The fourth-order valence-corrected chi connectivity index (χ4v) is 1.74. The molecule has 5 heteroatoms. The van der Waals surface area contributed by atoms with Crippen LogP contribution >= 0.6 is 0 Å². The number of amides is 1. The summed E-state index contributed by atoms with van der Waals surface area (Å²) in [6.45, 7) is 1.86. The summed E-state index contributed by atoms with van der Waals surface area (Å²) in [7, 11) is 0. The van der Waals surface area contributed by atoms with E-state index in [9.17, 15) is 13.6 Å². The quantitative estimate of drug-likeness (QED) is 0.919. The molecule has 0 unspecified atom stereocenters. The van der Waals surface area contributed by atoms with Gasteiger partial charge in [-0.05, 0) is 24.6 Å². The minimum Gasteiger partial charge on any atom is -0.478 e. The number of carbonyl (C=O) groups excluding carboxylic acids is 1. The molecule has 0 aliphatic heterocycles. The Bertz CT molecular complexity index is 617. The monoisotopic (exact) mass is 291 g/mol. The molecule has 2 aromatic carbocycles. The minimum atomic E-state index is -0.881. The van der Waals surface area contributed by atoms with Gasteiger partial charge in [-0.15, -0.1) is 0 Å². The molecule has 2 rings (SSSR count). The number of benzene rings is 2. The average Bonchev–Trinajstić information content (AvgIpc) is 2.48. The molecule has 3 nitrogen and oxygen atoms in total. The SMILES string of the molecule is C[C@H](Oc1ccc(F)cc1F)C(=O)NCc1ccccc1. The molecule has 0 saturated heterocycles. The zero-order valence-corrected chi connectivity index (χ0v) is 11.5. The third-order valence-corrected chi connectivity index (χ3v) is 2.88. The Morgan fingerprint density at radius 3 is 2.57 bits per heavy atom. The molecule has 1 N–H and O–H groups in total. The molecular formula is C16H15F2NO2. The number of rotatable bonds is 5. The van der Waals surface area contributed by atoms with E-state index in [0.717, 1.165) is 17.7 Å². The highest BCUT2D eigenvalue weighted by Crippen LogP contribution is 2.19. The largest absolute Gasteiger partial charge is 0.478 e. The second kappa shape index (κ2) is 6.83. The second-order valence-corrected chi connectivity index (χ2v) is 4.54. The summed E-state index contributed by atoms with van der Waals surface area (Å²) in [6.07, 6.45) is -0.881. The lowest BCUT2D eigenvalue weighted by molar-refractivity contribution is -0.127. The molecule has 0 aliphatic rings. The van der Waals surface area contributed by atoms with Crippen LogP contribution in [0.3, 0.4) is 0 Å². The van der Waals surface area contributed by atoms with Crippen molar-refractivity contribution in [3.63, 3.8) is 0 Å². The van der Waals surface area contributed by atoms with Crippen LogP contribution < -0.4 is 10.1 Å². The van der Waals surface area contributed by atoms with Crippen molar-refractivity contribution in [1.29, 1.82) is 0 Å². The first-order valence-corrected chi connectivity index (χ1v) is 6.49. The number of ether oxygens (including phenoxy) is 1. The molecule has 0 saturated carbocycles. The van der Waals surface area contributed by atoms with Gasteiger partial charge in [0.25, 0.3) is 5.91 Å². The fourth-order valence-electron chi connectivity index (χ4n) is 1.74. The van der Waals surface area contributed by atoms with Crippen LogP contribution in [-0.2, 0) is 11.3 Å². The number of hydrogen-bond acceptors (Lipinski definition) is 2. The predicted octanol–water partition coefficient (Wildman–Crippen LogP) is 3.05. The van der Waals surface area contributed by atoms with Gasteiger partial charge in [-0.25, -0.2) is 8.78 Å². The first kappa shape index (κ1) is 15.0. The molecular weight excluding hydrogens is 276 g/mol. The highest BCUT2D eigenvalue weighted by molar-refractivity contribution is 5.80. The van der Waals surface area contributed by atoms with Crippen LogP contribution in [0.2, 0.25) is 0 Å². The van der Waals surface area contributed by atoms with Gasteiger partial charge in [-0.2, -0.15) is 0 Å². The third kappa shape index (κ3) is 4.27. The van der Waals surface area contributed by atoms with Gasteiger partial charge in [-0.1, -0.05) is 30.3 Å². The zero-order chi connectivity index (χ0) is 15.2. The van der Waals surface area contributed by atoms with E-state index < -0.39 is 17.7 Å². The summed E-state index contributed by atoms with van der Waals surface area (Å²) in [4.78, 5) is 11.9. The van der Waals surface area contributed by atoms with E-state index in [1.54, 1.807) is 0 Å². The Morgan fingerprint density at radius 2 is 1.90 bits per heavy atom. The molecule has 0 aromatic heterocycles. The summed E-state index contributed by atoms with van der Waals surface area (Å²) in [5.41, 5.74) is 0.950. The number of halogens is 2. The lowest BCUT2D eigenvalue weighted by atomic mass is 10.2. The van der Waals surface area contributed by atoms with Crippen molar-refractivity contribution in [3.05, 3.63) is 65.7 Å². The third-order valence-electron chi connectivity index (χ3n) is 2.88. The van der Waals surface area contributed by atoms with Crippen LogP contribution in [0.1, 0.15) is 12.5 Å². The van der Waals surface area contributed by atoms with Gasteiger partial charge in [0.2, 0.25) is 0 Å². The van der Waals surface area contributed by atoms with Gasteiger partial charge in [-0.3, -0.25) is 4.79 Å². The van der Waals surface area contributed by atoms with Gasteiger partial charge in [0.05, 0.1) is 0 Å². The minimum absolute atomic E-state index is 0.154. The summed E-state index contributed by atoms with van der Waals surface area (Å²) in [5.74, 6) is -2.06. The highest BCUT2D eigenvalue weighted by Gasteiger charge is 2.16. The topological polar surface area (TPSA) is 38.3 Å². The molecule has 0 spiro atoms. The lowest BCUT2D eigenvalue weighted by Crippen LogP contribution is -2.36.